The Bertz CT molecular complexity index is 518. The normalized spacial score (nSPS) is 12.2. The van der Waals surface area contributed by atoms with Crippen LogP contribution < -0.4 is 4.74 Å². The van der Waals surface area contributed by atoms with Gasteiger partial charge in [0.1, 0.15) is 11.3 Å². The minimum atomic E-state index is -5.12. The number of carbonyl (C=O) groups excluding carboxylic acids is 1. The highest BCUT2D eigenvalue weighted by molar-refractivity contribution is 5.93. The van der Waals surface area contributed by atoms with E-state index in [1.54, 1.807) is 0 Å². The Morgan fingerprint density at radius 3 is 1.90 bits per heavy atom. The molecule has 0 saturated carbocycles. The summed E-state index contributed by atoms with van der Waals surface area (Å²) in [6.07, 6.45) is -10.2. The van der Waals surface area contributed by atoms with Crippen LogP contribution in [0.1, 0.15) is 21.5 Å². The minimum absolute atomic E-state index is 0.120. The van der Waals surface area contributed by atoms with E-state index in [0.29, 0.717) is 0 Å². The molecule has 3 nitrogen and oxygen atoms in total. The van der Waals surface area contributed by atoms with E-state index in [9.17, 15) is 31.1 Å². The first kappa shape index (κ1) is 16.1. The van der Waals surface area contributed by atoms with Crippen LogP contribution in [-0.2, 0) is 17.1 Å². The number of alkyl halides is 6. The average Bonchev–Trinajstić information content (AvgIpc) is 2.33. The summed E-state index contributed by atoms with van der Waals surface area (Å²) in [5.74, 6) is -2.38. The van der Waals surface area contributed by atoms with Gasteiger partial charge in [0.2, 0.25) is 0 Å². The van der Waals surface area contributed by atoms with Gasteiger partial charge in [-0.25, -0.2) is 4.79 Å². The summed E-state index contributed by atoms with van der Waals surface area (Å²) < 4.78 is 84.6. The third kappa shape index (κ3) is 3.14. The fourth-order valence-electron chi connectivity index (χ4n) is 1.48. The molecule has 0 spiro atoms. The summed E-state index contributed by atoms with van der Waals surface area (Å²) in [4.78, 5) is 11.3. The van der Waals surface area contributed by atoms with Crippen LogP contribution in [0.4, 0.5) is 26.3 Å². The van der Waals surface area contributed by atoms with Gasteiger partial charge in [0.25, 0.3) is 0 Å². The van der Waals surface area contributed by atoms with E-state index in [-0.39, 0.29) is 12.1 Å². The smallest absolute Gasteiger partial charge is 0.420 e. The quantitative estimate of drug-likeness (QED) is 0.619. The molecule has 9 heteroatoms. The fourth-order valence-corrected chi connectivity index (χ4v) is 1.48. The molecule has 1 rings (SSSR count). The molecular formula is C11H8F6O3. The van der Waals surface area contributed by atoms with Crippen molar-refractivity contribution in [1.29, 1.82) is 0 Å². The van der Waals surface area contributed by atoms with E-state index in [1.165, 1.54) is 0 Å². The molecule has 0 atom stereocenters. The predicted molar refractivity (Wildman–Crippen MR) is 54.3 cm³/mol. The molecule has 0 fully saturated rings. The number of hydrogen-bond donors (Lipinski definition) is 0. The van der Waals surface area contributed by atoms with Gasteiger partial charge in [-0.15, -0.1) is 0 Å². The predicted octanol–water partition coefficient (Wildman–Crippen LogP) is 3.52. The monoisotopic (exact) mass is 302 g/mol. The highest BCUT2D eigenvalue weighted by Crippen LogP contribution is 2.42. The zero-order valence-electron chi connectivity index (χ0n) is 10.1. The van der Waals surface area contributed by atoms with Crippen molar-refractivity contribution in [3.05, 3.63) is 28.8 Å². The molecule has 0 unspecified atom stereocenters. The number of ether oxygens (including phenoxy) is 2. The molecule has 0 aromatic heterocycles. The Morgan fingerprint density at radius 1 is 1.00 bits per heavy atom. The van der Waals surface area contributed by atoms with Gasteiger partial charge in [0, 0.05) is 0 Å². The molecule has 0 bridgehead atoms. The van der Waals surface area contributed by atoms with Gasteiger partial charge < -0.3 is 9.47 Å². The lowest BCUT2D eigenvalue weighted by molar-refractivity contribution is -0.143. The summed E-state index contributed by atoms with van der Waals surface area (Å²) in [5.41, 5.74) is -4.27. The number of methoxy groups -OCH3 is 2. The Labute approximate surface area is 109 Å². The first-order valence-electron chi connectivity index (χ1n) is 4.97. The van der Waals surface area contributed by atoms with Crippen molar-refractivity contribution in [3.63, 3.8) is 0 Å². The molecule has 0 N–H and O–H groups in total. The largest absolute Gasteiger partial charge is 0.495 e. The molecule has 0 radical (unpaired) electrons. The van der Waals surface area contributed by atoms with Crippen LogP contribution in [0.25, 0.3) is 0 Å². The first-order valence-corrected chi connectivity index (χ1v) is 4.97. The molecule has 0 aliphatic carbocycles. The van der Waals surface area contributed by atoms with E-state index in [0.717, 1.165) is 14.2 Å². The van der Waals surface area contributed by atoms with E-state index in [4.69, 9.17) is 0 Å². The number of esters is 1. The van der Waals surface area contributed by atoms with Crippen molar-refractivity contribution < 1.29 is 40.6 Å². The van der Waals surface area contributed by atoms with Crippen LogP contribution in [0, 0.1) is 0 Å². The van der Waals surface area contributed by atoms with Gasteiger partial charge in [-0.2, -0.15) is 26.3 Å². The van der Waals surface area contributed by atoms with E-state index < -0.39 is 40.8 Å². The molecule has 0 amide bonds. The lowest BCUT2D eigenvalue weighted by atomic mass is 10.0. The molecule has 0 heterocycles. The third-order valence-electron chi connectivity index (χ3n) is 2.33. The number of rotatable bonds is 2. The second-order valence-electron chi connectivity index (χ2n) is 3.59. The summed E-state index contributed by atoms with van der Waals surface area (Å²) in [5, 5.41) is 0. The van der Waals surface area contributed by atoms with Crippen LogP contribution in [0.3, 0.4) is 0 Å². The molecule has 0 aliphatic rings. The van der Waals surface area contributed by atoms with Gasteiger partial charge in [0.15, 0.2) is 0 Å². The Kier molecular flexibility index (Phi) is 4.21. The van der Waals surface area contributed by atoms with E-state index in [1.807, 2.05) is 0 Å². The molecule has 1 aromatic carbocycles. The number of hydrogen-bond acceptors (Lipinski definition) is 3. The summed E-state index contributed by atoms with van der Waals surface area (Å²) in [7, 11) is 1.64. The molecule has 0 aliphatic heterocycles. The maximum Gasteiger partial charge on any atom is 0.420 e. The Balaban J connectivity index is 3.70. The van der Waals surface area contributed by atoms with Crippen LogP contribution >= 0.6 is 0 Å². The second kappa shape index (κ2) is 5.22. The SMILES string of the molecule is COC(=O)c1cc(C(F)(F)F)cc(C(F)(F)F)c1OC. The van der Waals surface area contributed by atoms with Gasteiger partial charge >= 0.3 is 18.3 Å². The van der Waals surface area contributed by atoms with Crippen LogP contribution in [0.5, 0.6) is 5.75 Å². The van der Waals surface area contributed by atoms with Crippen LogP contribution in [0.2, 0.25) is 0 Å². The topological polar surface area (TPSA) is 35.5 Å². The van der Waals surface area contributed by atoms with Crippen molar-refractivity contribution in [2.24, 2.45) is 0 Å². The maximum absolute atomic E-state index is 12.8. The lowest BCUT2D eigenvalue weighted by Gasteiger charge is -2.17. The summed E-state index contributed by atoms with van der Waals surface area (Å²) in [6, 6.07) is 0.130. The number of carbonyl (C=O) groups is 1. The van der Waals surface area contributed by atoms with Gasteiger partial charge in [0.05, 0.1) is 25.3 Å². The van der Waals surface area contributed by atoms with Crippen molar-refractivity contribution in [2.75, 3.05) is 14.2 Å². The third-order valence-corrected chi connectivity index (χ3v) is 2.33. The van der Waals surface area contributed by atoms with Gasteiger partial charge in [-0.3, -0.25) is 0 Å². The molecule has 112 valence electrons. The first-order chi connectivity index (χ1) is 9.02. The minimum Gasteiger partial charge on any atom is -0.495 e. The van der Waals surface area contributed by atoms with Crippen LogP contribution in [-0.4, -0.2) is 20.2 Å². The Morgan fingerprint density at radius 2 is 1.55 bits per heavy atom. The second-order valence-corrected chi connectivity index (χ2v) is 3.59. The average molecular weight is 302 g/mol. The zero-order chi connectivity index (χ0) is 15.7. The van der Waals surface area contributed by atoms with Crippen molar-refractivity contribution in [1.82, 2.24) is 0 Å². The standard InChI is InChI=1S/C11H8F6O3/c1-19-8-6(9(18)20-2)3-5(10(12,13)14)4-7(8)11(15,16)17/h3-4H,1-2H3. The van der Waals surface area contributed by atoms with Crippen molar-refractivity contribution in [2.45, 2.75) is 12.4 Å². The summed E-state index contributed by atoms with van der Waals surface area (Å²) >= 11 is 0. The number of halogens is 6. The maximum atomic E-state index is 12.8. The highest BCUT2D eigenvalue weighted by Gasteiger charge is 2.41. The van der Waals surface area contributed by atoms with E-state index >= 15 is 0 Å². The lowest BCUT2D eigenvalue weighted by Crippen LogP contribution is -2.16. The molecule has 20 heavy (non-hydrogen) atoms. The zero-order valence-corrected chi connectivity index (χ0v) is 10.1. The highest BCUT2D eigenvalue weighted by atomic mass is 19.4. The number of benzene rings is 1. The summed E-state index contributed by atoms with van der Waals surface area (Å²) in [6.45, 7) is 0. The van der Waals surface area contributed by atoms with Gasteiger partial charge in [-0.05, 0) is 12.1 Å². The fraction of sp³-hybridized carbons (Fsp3) is 0.364. The molecule has 0 saturated heterocycles. The van der Waals surface area contributed by atoms with E-state index in [2.05, 4.69) is 9.47 Å². The van der Waals surface area contributed by atoms with Gasteiger partial charge in [-0.1, -0.05) is 0 Å². The molecule has 1 aromatic rings. The van der Waals surface area contributed by atoms with Crippen LogP contribution in [0.15, 0.2) is 12.1 Å². The van der Waals surface area contributed by atoms with Crippen molar-refractivity contribution in [3.8, 4) is 5.75 Å². The molecular weight excluding hydrogens is 294 g/mol. The van der Waals surface area contributed by atoms with Crippen molar-refractivity contribution >= 4 is 5.97 Å². The Hall–Kier alpha value is -1.93.